The molecule has 3 amide bonds. The van der Waals surface area contributed by atoms with Gasteiger partial charge in [0, 0.05) is 36.5 Å². The normalized spacial score (nSPS) is 13.7. The maximum atomic E-state index is 13.6. The number of aromatic hydroxyl groups is 1. The third kappa shape index (κ3) is 9.74. The molecule has 2 aromatic carbocycles. The van der Waals surface area contributed by atoms with Gasteiger partial charge in [0.25, 0.3) is 0 Å². The van der Waals surface area contributed by atoms with Crippen molar-refractivity contribution in [3.8, 4) is 5.75 Å². The maximum Gasteiger partial charge on any atom is 0.326 e. The Bertz CT molecular complexity index is 1450. The van der Waals surface area contributed by atoms with Gasteiger partial charge in [0.2, 0.25) is 17.7 Å². The molecule has 1 aromatic heterocycles. The number of rotatable bonds is 15. The number of nitrogens with zero attached hydrogens (tertiary/aromatic N) is 1. The number of hydrogen-bond donors (Lipinski definition) is 9. The SMILES string of the molecule is CC(N)C(=O)NC(CCCN=C(N)N)C(=O)NC(Cc1c[nH]c2ccccc12)C(=O)NC(Cc1ccc(O)cc1)C(=O)O. The van der Waals surface area contributed by atoms with E-state index in [9.17, 15) is 29.4 Å². The molecule has 3 rings (SSSR count). The summed E-state index contributed by atoms with van der Waals surface area (Å²) in [6, 6.07) is 8.85. The summed E-state index contributed by atoms with van der Waals surface area (Å²) in [6.07, 6.45) is 2.15. The number of carboxylic acid groups (broad SMARTS) is 1. The summed E-state index contributed by atoms with van der Waals surface area (Å²) in [7, 11) is 0. The minimum absolute atomic E-state index is 0.0186. The summed E-state index contributed by atoms with van der Waals surface area (Å²) < 4.78 is 0. The van der Waals surface area contributed by atoms with Crippen LogP contribution in [0.1, 0.15) is 30.9 Å². The van der Waals surface area contributed by atoms with E-state index >= 15 is 0 Å². The van der Waals surface area contributed by atoms with Crippen molar-refractivity contribution in [1.29, 1.82) is 0 Å². The average Bonchev–Trinajstić information content (AvgIpc) is 3.37. The van der Waals surface area contributed by atoms with Crippen molar-refractivity contribution < 1.29 is 29.4 Å². The molecule has 3 aromatic rings. The fraction of sp³-hybridized carbons (Fsp3) is 0.345. The number of aromatic amines is 1. The number of fused-ring (bicyclic) bond motifs is 1. The number of phenolic OH excluding ortho intramolecular Hbond substituents is 1. The van der Waals surface area contributed by atoms with Crippen LogP contribution in [-0.2, 0) is 32.0 Å². The van der Waals surface area contributed by atoms with Crippen molar-refractivity contribution in [2.24, 2.45) is 22.2 Å². The lowest BCUT2D eigenvalue weighted by Crippen LogP contribution is -2.57. The van der Waals surface area contributed by atoms with Crippen molar-refractivity contribution in [3.63, 3.8) is 0 Å². The number of carbonyl (C=O) groups excluding carboxylic acids is 3. The van der Waals surface area contributed by atoms with Crippen LogP contribution in [0.15, 0.2) is 59.7 Å². The highest BCUT2D eigenvalue weighted by molar-refractivity contribution is 5.94. The zero-order chi connectivity index (χ0) is 31.5. The van der Waals surface area contributed by atoms with Gasteiger partial charge in [0.1, 0.15) is 23.9 Å². The van der Waals surface area contributed by atoms with Gasteiger partial charge in [-0.1, -0.05) is 30.3 Å². The minimum atomic E-state index is -1.33. The van der Waals surface area contributed by atoms with E-state index in [1.165, 1.54) is 19.1 Å². The Balaban J connectivity index is 1.86. The number of para-hydroxylation sites is 1. The summed E-state index contributed by atoms with van der Waals surface area (Å²) in [4.78, 5) is 58.6. The van der Waals surface area contributed by atoms with Crippen LogP contribution >= 0.6 is 0 Å². The largest absolute Gasteiger partial charge is 0.508 e. The van der Waals surface area contributed by atoms with Gasteiger partial charge >= 0.3 is 5.97 Å². The van der Waals surface area contributed by atoms with Crippen LogP contribution in [0.25, 0.3) is 10.9 Å². The second-order valence-electron chi connectivity index (χ2n) is 10.2. The van der Waals surface area contributed by atoms with Crippen LogP contribution in [0.4, 0.5) is 0 Å². The fourth-order valence-corrected chi connectivity index (χ4v) is 4.42. The lowest BCUT2D eigenvalue weighted by atomic mass is 10.0. The molecule has 0 aliphatic heterocycles. The third-order valence-corrected chi connectivity index (χ3v) is 6.71. The molecule has 4 unspecified atom stereocenters. The van der Waals surface area contributed by atoms with Gasteiger partial charge < -0.3 is 48.3 Å². The van der Waals surface area contributed by atoms with Crippen LogP contribution in [-0.4, -0.2) is 75.6 Å². The number of amides is 3. The van der Waals surface area contributed by atoms with Crippen LogP contribution in [0.2, 0.25) is 0 Å². The number of phenols is 1. The van der Waals surface area contributed by atoms with E-state index in [4.69, 9.17) is 17.2 Å². The number of guanidine groups is 1. The highest BCUT2D eigenvalue weighted by Crippen LogP contribution is 2.20. The summed E-state index contributed by atoms with van der Waals surface area (Å²) >= 11 is 0. The number of carboxylic acids is 1. The Morgan fingerprint density at radius 2 is 1.51 bits per heavy atom. The highest BCUT2D eigenvalue weighted by atomic mass is 16.4. The molecule has 0 spiro atoms. The van der Waals surface area contributed by atoms with E-state index < -0.39 is 47.9 Å². The summed E-state index contributed by atoms with van der Waals surface area (Å²) in [5.74, 6) is -3.34. The number of aliphatic carboxylic acids is 1. The maximum absolute atomic E-state index is 13.6. The summed E-state index contributed by atoms with van der Waals surface area (Å²) in [5, 5.41) is 28.0. The molecule has 1 heterocycles. The molecular formula is C29H38N8O6. The molecule has 0 radical (unpaired) electrons. The van der Waals surface area contributed by atoms with Crippen LogP contribution < -0.4 is 33.2 Å². The van der Waals surface area contributed by atoms with Crippen LogP contribution in [0.5, 0.6) is 5.75 Å². The second kappa shape index (κ2) is 15.2. The first-order valence-electron chi connectivity index (χ1n) is 13.7. The van der Waals surface area contributed by atoms with Crippen LogP contribution in [0.3, 0.4) is 0 Å². The first kappa shape index (κ1) is 32.4. The molecule has 12 N–H and O–H groups in total. The van der Waals surface area contributed by atoms with E-state index in [1.54, 1.807) is 18.3 Å². The van der Waals surface area contributed by atoms with Gasteiger partial charge in [-0.05, 0) is 49.1 Å². The lowest BCUT2D eigenvalue weighted by Gasteiger charge is -2.25. The van der Waals surface area contributed by atoms with Crippen molar-refractivity contribution in [2.75, 3.05) is 6.54 Å². The molecule has 0 aliphatic rings. The van der Waals surface area contributed by atoms with E-state index in [0.717, 1.165) is 10.9 Å². The van der Waals surface area contributed by atoms with Gasteiger partial charge in [-0.2, -0.15) is 0 Å². The lowest BCUT2D eigenvalue weighted by molar-refractivity contribution is -0.142. The van der Waals surface area contributed by atoms with Gasteiger partial charge in [-0.25, -0.2) is 4.79 Å². The van der Waals surface area contributed by atoms with Crippen molar-refractivity contribution in [3.05, 3.63) is 65.9 Å². The molecule has 14 heteroatoms. The first-order valence-corrected chi connectivity index (χ1v) is 13.7. The Morgan fingerprint density at radius 3 is 2.16 bits per heavy atom. The highest BCUT2D eigenvalue weighted by Gasteiger charge is 2.30. The van der Waals surface area contributed by atoms with E-state index in [0.29, 0.717) is 17.5 Å². The number of nitrogens with two attached hydrogens (primary N) is 3. The Morgan fingerprint density at radius 1 is 0.884 bits per heavy atom. The van der Waals surface area contributed by atoms with Gasteiger partial charge in [0.05, 0.1) is 6.04 Å². The molecule has 43 heavy (non-hydrogen) atoms. The Kier molecular flexibility index (Phi) is 11.5. The zero-order valence-electron chi connectivity index (χ0n) is 23.7. The van der Waals surface area contributed by atoms with Crippen molar-refractivity contribution in [2.45, 2.75) is 56.8 Å². The van der Waals surface area contributed by atoms with E-state index in [-0.39, 0.29) is 37.5 Å². The Hall–Kier alpha value is -5.11. The number of aromatic nitrogens is 1. The van der Waals surface area contributed by atoms with E-state index in [1.807, 2.05) is 24.3 Å². The summed E-state index contributed by atoms with van der Waals surface area (Å²) in [6.45, 7) is 1.67. The topological polar surface area (TPSA) is 251 Å². The van der Waals surface area contributed by atoms with Gasteiger partial charge in [-0.15, -0.1) is 0 Å². The molecule has 14 nitrogen and oxygen atoms in total. The quantitative estimate of drug-likeness (QED) is 0.0629. The molecular weight excluding hydrogens is 556 g/mol. The van der Waals surface area contributed by atoms with E-state index in [2.05, 4.69) is 25.9 Å². The Labute approximate surface area is 248 Å². The molecule has 0 aliphatic carbocycles. The molecule has 0 fully saturated rings. The third-order valence-electron chi connectivity index (χ3n) is 6.71. The summed E-state index contributed by atoms with van der Waals surface area (Å²) in [5.41, 5.74) is 18.5. The monoisotopic (exact) mass is 594 g/mol. The van der Waals surface area contributed by atoms with Crippen LogP contribution in [0, 0.1) is 0 Å². The van der Waals surface area contributed by atoms with Crippen molar-refractivity contribution in [1.82, 2.24) is 20.9 Å². The number of aliphatic imine (C=N–C) groups is 1. The number of carbonyl (C=O) groups is 4. The smallest absolute Gasteiger partial charge is 0.326 e. The standard InChI is InChI=1S/C29H38N8O6/c1-16(30)25(39)35-22(7-4-12-33-29(31)32)26(40)36-23(14-18-15-34-21-6-3-2-5-20(18)21)27(41)37-24(28(42)43)13-17-8-10-19(38)11-9-17/h2-3,5-6,8-11,15-16,22-24,34,38H,4,7,12-14,30H2,1H3,(H,35,39)(H,36,40)(H,37,41)(H,42,43)(H4,31,32,33). The number of benzene rings is 2. The van der Waals surface area contributed by atoms with Gasteiger partial charge in [0.15, 0.2) is 5.96 Å². The van der Waals surface area contributed by atoms with Crippen molar-refractivity contribution >= 4 is 40.6 Å². The molecule has 0 saturated heterocycles. The second-order valence-corrected chi connectivity index (χ2v) is 10.2. The molecule has 0 saturated carbocycles. The zero-order valence-corrected chi connectivity index (χ0v) is 23.7. The van der Waals surface area contributed by atoms with Gasteiger partial charge in [-0.3, -0.25) is 19.4 Å². The first-order chi connectivity index (χ1) is 20.4. The predicted octanol–water partition coefficient (Wildman–Crippen LogP) is -0.401. The minimum Gasteiger partial charge on any atom is -0.508 e. The predicted molar refractivity (Wildman–Crippen MR) is 161 cm³/mol. The average molecular weight is 595 g/mol. The molecule has 230 valence electrons. The fourth-order valence-electron chi connectivity index (χ4n) is 4.42. The number of nitrogens with one attached hydrogen (secondary N) is 4. The molecule has 0 bridgehead atoms. The number of H-pyrrole nitrogens is 1. The number of hydrogen-bond acceptors (Lipinski definition) is 7. The molecule has 4 atom stereocenters.